The van der Waals surface area contributed by atoms with Crippen molar-refractivity contribution in [1.82, 2.24) is 9.88 Å². The van der Waals surface area contributed by atoms with Gasteiger partial charge in [0.05, 0.1) is 0 Å². The van der Waals surface area contributed by atoms with Crippen LogP contribution in [-0.2, 0) is 19.4 Å². The van der Waals surface area contributed by atoms with Crippen molar-refractivity contribution >= 4 is 0 Å². The molecule has 2 nitrogen and oxygen atoms in total. The first-order valence-electron chi connectivity index (χ1n) is 12.1. The lowest BCUT2D eigenvalue weighted by atomic mass is 9.76. The molecule has 1 aromatic heterocycles. The third-order valence-corrected chi connectivity index (χ3v) is 7.70. The van der Waals surface area contributed by atoms with E-state index in [1.54, 1.807) is 6.07 Å². The molecule has 2 heterocycles. The number of halogens is 7. The van der Waals surface area contributed by atoms with Crippen LogP contribution in [0.4, 0.5) is 30.7 Å². The fourth-order valence-electron chi connectivity index (χ4n) is 5.77. The first kappa shape index (κ1) is 25.7. The Hall–Kier alpha value is -2.94. The Balaban J connectivity index is 1.24. The number of hydrogen-bond acceptors (Lipinski definition) is 2. The normalized spacial score (nSPS) is 17.9. The van der Waals surface area contributed by atoms with Gasteiger partial charge in [-0.05, 0) is 84.1 Å². The summed E-state index contributed by atoms with van der Waals surface area (Å²) in [6.45, 7) is 2.36. The van der Waals surface area contributed by atoms with Crippen LogP contribution in [0.25, 0.3) is 11.1 Å². The van der Waals surface area contributed by atoms with Crippen LogP contribution in [0.3, 0.4) is 0 Å². The quantitative estimate of drug-likeness (QED) is 0.331. The highest BCUT2D eigenvalue weighted by Crippen LogP contribution is 2.47. The lowest BCUT2D eigenvalue weighted by molar-refractivity contribution is -0.253. The number of rotatable bonds is 4. The van der Waals surface area contributed by atoms with Gasteiger partial charge >= 0.3 is 12.4 Å². The maximum absolute atomic E-state index is 14.9. The van der Waals surface area contributed by atoms with Gasteiger partial charge < -0.3 is 0 Å². The van der Waals surface area contributed by atoms with Crippen LogP contribution >= 0.6 is 0 Å². The molecule has 3 aromatic rings. The number of pyridine rings is 1. The zero-order valence-electron chi connectivity index (χ0n) is 19.8. The molecule has 0 atom stereocenters. The summed E-state index contributed by atoms with van der Waals surface area (Å²) >= 11 is 0. The number of benzene rings is 2. The fraction of sp³-hybridized carbons (Fsp3) is 0.393. The van der Waals surface area contributed by atoms with Crippen molar-refractivity contribution in [2.75, 3.05) is 13.1 Å². The second kappa shape index (κ2) is 9.42. The molecule has 0 N–H and O–H groups in total. The third kappa shape index (κ3) is 5.37. The van der Waals surface area contributed by atoms with Gasteiger partial charge in [-0.25, -0.2) is 4.39 Å². The number of alkyl halides is 6. The molecule has 2 aromatic carbocycles. The van der Waals surface area contributed by atoms with Gasteiger partial charge in [-0.15, -0.1) is 0 Å². The number of piperidine rings is 1. The Labute approximate surface area is 210 Å². The summed E-state index contributed by atoms with van der Waals surface area (Å²) in [5.41, 5.74) is 3.15. The van der Waals surface area contributed by atoms with Crippen LogP contribution in [0, 0.1) is 11.2 Å². The van der Waals surface area contributed by atoms with Crippen molar-refractivity contribution in [3.63, 3.8) is 0 Å². The molecule has 0 bridgehead atoms. The summed E-state index contributed by atoms with van der Waals surface area (Å²) in [7, 11) is 0. The van der Waals surface area contributed by atoms with Gasteiger partial charge in [0.25, 0.3) is 0 Å². The topological polar surface area (TPSA) is 16.1 Å². The maximum Gasteiger partial charge on any atom is 0.404 e. The molecule has 9 heteroatoms. The fourth-order valence-corrected chi connectivity index (χ4v) is 5.77. The molecule has 196 valence electrons. The van der Waals surface area contributed by atoms with Crippen LogP contribution in [0.2, 0.25) is 0 Å². The monoisotopic (exact) mass is 522 g/mol. The standard InChI is InChI=1S/C28H25F7N2/c29-24-13-18(17-37-11-8-26(9-12-37)14-21-7-10-36-16-22(21)15-26)1-6-23(24)19-2-4-20(5-3-19)25(27(30,31)32)28(33,34)35/h1-7,10,13,16,25H,8-9,11-12,14-15,17H2. The van der Waals surface area contributed by atoms with E-state index in [0.29, 0.717) is 6.54 Å². The molecule has 0 radical (unpaired) electrons. The Morgan fingerprint density at radius 1 is 0.838 bits per heavy atom. The number of aromatic nitrogens is 1. The molecule has 0 saturated carbocycles. The summed E-state index contributed by atoms with van der Waals surface area (Å²) < 4.78 is 92.9. The Morgan fingerprint density at radius 3 is 2.08 bits per heavy atom. The van der Waals surface area contributed by atoms with E-state index in [1.165, 1.54) is 23.3 Å². The molecule has 0 amide bonds. The summed E-state index contributed by atoms with van der Waals surface area (Å²) in [4.78, 5) is 6.52. The third-order valence-electron chi connectivity index (χ3n) is 7.70. The first-order chi connectivity index (χ1) is 17.4. The number of nitrogens with zero attached hydrogens (tertiary/aromatic N) is 2. The van der Waals surface area contributed by atoms with Crippen LogP contribution in [0.5, 0.6) is 0 Å². The van der Waals surface area contributed by atoms with Gasteiger partial charge in [-0.3, -0.25) is 9.88 Å². The molecule has 1 aliphatic heterocycles. The zero-order chi connectivity index (χ0) is 26.4. The molecule has 1 aliphatic carbocycles. The minimum Gasteiger partial charge on any atom is -0.299 e. The smallest absolute Gasteiger partial charge is 0.299 e. The van der Waals surface area contributed by atoms with E-state index < -0.39 is 29.7 Å². The largest absolute Gasteiger partial charge is 0.404 e. The van der Waals surface area contributed by atoms with Crippen molar-refractivity contribution in [1.29, 1.82) is 0 Å². The molecule has 1 saturated heterocycles. The minimum atomic E-state index is -5.47. The maximum atomic E-state index is 14.9. The molecule has 0 unspecified atom stereocenters. The van der Waals surface area contributed by atoms with E-state index in [0.717, 1.165) is 68.6 Å². The van der Waals surface area contributed by atoms with Crippen molar-refractivity contribution in [3.8, 4) is 11.1 Å². The van der Waals surface area contributed by atoms with E-state index in [1.807, 2.05) is 12.4 Å². The molecule has 1 spiro atoms. The van der Waals surface area contributed by atoms with Gasteiger partial charge in [0.1, 0.15) is 5.82 Å². The van der Waals surface area contributed by atoms with E-state index >= 15 is 0 Å². The van der Waals surface area contributed by atoms with Crippen molar-refractivity contribution in [3.05, 3.63) is 89.0 Å². The lowest BCUT2D eigenvalue weighted by Gasteiger charge is -2.39. The van der Waals surface area contributed by atoms with E-state index in [2.05, 4.69) is 16.0 Å². The van der Waals surface area contributed by atoms with Gasteiger partial charge in [-0.2, -0.15) is 26.3 Å². The predicted molar refractivity (Wildman–Crippen MR) is 125 cm³/mol. The van der Waals surface area contributed by atoms with Gasteiger partial charge in [0, 0.05) is 24.5 Å². The average molecular weight is 523 g/mol. The van der Waals surface area contributed by atoms with Crippen molar-refractivity contribution in [2.45, 2.75) is 50.5 Å². The zero-order valence-corrected chi connectivity index (χ0v) is 19.8. The van der Waals surface area contributed by atoms with Crippen molar-refractivity contribution in [2.24, 2.45) is 5.41 Å². The number of likely N-dealkylation sites (tertiary alicyclic amines) is 1. The predicted octanol–water partition coefficient (Wildman–Crippen LogP) is 7.48. The second-order valence-corrected chi connectivity index (χ2v) is 10.2. The van der Waals surface area contributed by atoms with Gasteiger partial charge in [-0.1, -0.05) is 36.4 Å². The molecule has 5 rings (SSSR count). The van der Waals surface area contributed by atoms with Crippen LogP contribution < -0.4 is 0 Å². The second-order valence-electron chi connectivity index (χ2n) is 10.2. The molecular weight excluding hydrogens is 497 g/mol. The average Bonchev–Trinajstić information content (AvgIpc) is 3.17. The SMILES string of the molecule is Fc1cc(CN2CCC3(CC2)Cc2ccncc2C3)ccc1-c1ccc(C(C(F)(F)F)C(F)(F)F)cc1. The summed E-state index contributed by atoms with van der Waals surface area (Å²) in [5, 5.41) is 0. The van der Waals surface area contributed by atoms with Crippen LogP contribution in [0.15, 0.2) is 60.9 Å². The Morgan fingerprint density at radius 2 is 1.49 bits per heavy atom. The minimum absolute atomic E-state index is 0.126. The lowest BCUT2D eigenvalue weighted by Crippen LogP contribution is -2.40. The molecule has 37 heavy (non-hydrogen) atoms. The summed E-state index contributed by atoms with van der Waals surface area (Å²) in [6, 6.07) is 10.5. The van der Waals surface area contributed by atoms with E-state index in [-0.39, 0.29) is 16.5 Å². The molecule has 1 fully saturated rings. The Kier molecular flexibility index (Phi) is 6.54. The first-order valence-corrected chi connectivity index (χ1v) is 12.1. The van der Waals surface area contributed by atoms with E-state index in [9.17, 15) is 30.7 Å². The van der Waals surface area contributed by atoms with Crippen molar-refractivity contribution < 1.29 is 30.7 Å². The highest BCUT2D eigenvalue weighted by Gasteiger charge is 2.57. The summed E-state index contributed by atoms with van der Waals surface area (Å²) in [6.07, 6.45) is -2.96. The van der Waals surface area contributed by atoms with E-state index in [4.69, 9.17) is 0 Å². The Bertz CT molecular complexity index is 1220. The number of fused-ring (bicyclic) bond motifs is 1. The summed E-state index contributed by atoms with van der Waals surface area (Å²) in [5.74, 6) is -4.15. The van der Waals surface area contributed by atoms with Crippen LogP contribution in [-0.4, -0.2) is 35.3 Å². The highest BCUT2D eigenvalue weighted by atomic mass is 19.4. The van der Waals surface area contributed by atoms with Gasteiger partial charge in [0.15, 0.2) is 5.92 Å². The van der Waals surface area contributed by atoms with Gasteiger partial charge in [0.2, 0.25) is 0 Å². The van der Waals surface area contributed by atoms with Crippen LogP contribution in [0.1, 0.15) is 41.0 Å². The molecular formula is C28H25F7N2. The highest BCUT2D eigenvalue weighted by molar-refractivity contribution is 5.65. The molecule has 2 aliphatic rings. The number of hydrogen-bond donors (Lipinski definition) is 0.